The molecule has 1 aliphatic heterocycles. The van der Waals surface area contributed by atoms with Crippen molar-refractivity contribution in [1.29, 1.82) is 0 Å². The number of hydrogen-bond donors (Lipinski definition) is 0. The van der Waals surface area contributed by atoms with Gasteiger partial charge in [-0.2, -0.15) is 0 Å². The van der Waals surface area contributed by atoms with Gasteiger partial charge in [-0.1, -0.05) is 13.3 Å². The molecule has 0 aromatic heterocycles. The molecule has 1 heterocycles. The van der Waals surface area contributed by atoms with Crippen LogP contribution in [0.2, 0.25) is 0 Å². The van der Waals surface area contributed by atoms with Crippen molar-refractivity contribution in [2.24, 2.45) is 0 Å². The van der Waals surface area contributed by atoms with E-state index in [-0.39, 0.29) is 11.6 Å². The molecule has 0 amide bonds. The maximum atomic E-state index is 11.6. The van der Waals surface area contributed by atoms with Gasteiger partial charge in [0.1, 0.15) is 5.60 Å². The minimum absolute atomic E-state index is 0.207. The van der Waals surface area contributed by atoms with Crippen LogP contribution in [0.1, 0.15) is 40.5 Å². The fourth-order valence-electron chi connectivity index (χ4n) is 1.75. The predicted octanol–water partition coefficient (Wildman–Crippen LogP) is 1.90. The second-order valence-corrected chi connectivity index (χ2v) is 3.91. The van der Waals surface area contributed by atoms with Crippen molar-refractivity contribution in [2.45, 2.75) is 51.7 Å². The van der Waals surface area contributed by atoms with Gasteiger partial charge in [-0.3, -0.25) is 0 Å². The van der Waals surface area contributed by atoms with Gasteiger partial charge >= 0.3 is 5.97 Å². The number of rotatable bonds is 4. The summed E-state index contributed by atoms with van der Waals surface area (Å²) in [5.74, 6) is -0.207. The van der Waals surface area contributed by atoms with Gasteiger partial charge in [0.2, 0.25) is 0 Å². The Balaban J connectivity index is 2.66. The first-order chi connectivity index (χ1) is 6.00. The lowest BCUT2D eigenvalue weighted by molar-refractivity contribution is -0.149. The first-order valence-electron chi connectivity index (χ1n) is 4.87. The maximum Gasteiger partial charge on any atom is 0.341 e. The smallest absolute Gasteiger partial charge is 0.341 e. The van der Waals surface area contributed by atoms with Crippen molar-refractivity contribution in [3.05, 3.63) is 0 Å². The topological polar surface area (TPSA) is 38.8 Å². The van der Waals surface area contributed by atoms with Crippen molar-refractivity contribution < 1.29 is 14.3 Å². The average Bonchev–Trinajstić information content (AvgIpc) is 2.56. The molecule has 1 aliphatic rings. The number of epoxide rings is 1. The minimum Gasteiger partial charge on any atom is -0.464 e. The maximum absolute atomic E-state index is 11.6. The van der Waals surface area contributed by atoms with E-state index in [4.69, 9.17) is 9.47 Å². The van der Waals surface area contributed by atoms with Crippen molar-refractivity contribution in [2.75, 3.05) is 6.61 Å². The lowest BCUT2D eigenvalue weighted by atomic mass is 9.91. The molecular weight excluding hydrogens is 168 g/mol. The fraction of sp³-hybridized carbons (Fsp3) is 0.900. The zero-order valence-corrected chi connectivity index (χ0v) is 8.85. The largest absolute Gasteiger partial charge is 0.464 e. The number of esters is 1. The van der Waals surface area contributed by atoms with Crippen LogP contribution < -0.4 is 0 Å². The second kappa shape index (κ2) is 3.29. The van der Waals surface area contributed by atoms with Crippen LogP contribution in [0.3, 0.4) is 0 Å². The molecule has 0 spiro atoms. The highest BCUT2D eigenvalue weighted by atomic mass is 16.7. The van der Waals surface area contributed by atoms with Gasteiger partial charge in [0.15, 0.2) is 5.60 Å². The van der Waals surface area contributed by atoms with Crippen LogP contribution in [0.5, 0.6) is 0 Å². The molecule has 13 heavy (non-hydrogen) atoms. The summed E-state index contributed by atoms with van der Waals surface area (Å²) in [6, 6.07) is 0. The summed E-state index contributed by atoms with van der Waals surface area (Å²) in [5, 5.41) is 0. The van der Waals surface area contributed by atoms with Gasteiger partial charge in [-0.05, 0) is 27.2 Å². The third kappa shape index (κ3) is 1.57. The standard InChI is InChI=1S/C10H18O3/c1-5-7-10(8(11)12-6-2)9(3,4)13-10/h5-7H2,1-4H3. The van der Waals surface area contributed by atoms with Gasteiger partial charge < -0.3 is 9.47 Å². The molecule has 1 atom stereocenters. The van der Waals surface area contributed by atoms with E-state index in [0.717, 1.165) is 12.8 Å². The first kappa shape index (κ1) is 10.5. The second-order valence-electron chi connectivity index (χ2n) is 3.91. The van der Waals surface area contributed by atoms with Crippen LogP contribution in [-0.4, -0.2) is 23.8 Å². The predicted molar refractivity (Wildman–Crippen MR) is 49.4 cm³/mol. The van der Waals surface area contributed by atoms with E-state index in [2.05, 4.69) is 0 Å². The third-order valence-electron chi connectivity index (χ3n) is 2.57. The number of hydrogen-bond acceptors (Lipinski definition) is 3. The van der Waals surface area contributed by atoms with Gasteiger partial charge in [0, 0.05) is 0 Å². The number of carbonyl (C=O) groups excluding carboxylic acids is 1. The molecule has 1 fully saturated rings. The zero-order valence-electron chi connectivity index (χ0n) is 8.85. The highest BCUT2D eigenvalue weighted by Crippen LogP contribution is 2.51. The first-order valence-corrected chi connectivity index (χ1v) is 4.87. The monoisotopic (exact) mass is 186 g/mol. The Morgan fingerprint density at radius 1 is 1.38 bits per heavy atom. The SMILES string of the molecule is CCCC1(C(=O)OCC)OC1(C)C. The third-order valence-corrected chi connectivity index (χ3v) is 2.57. The Morgan fingerprint density at radius 3 is 2.23 bits per heavy atom. The molecule has 0 N–H and O–H groups in total. The van der Waals surface area contributed by atoms with E-state index >= 15 is 0 Å². The van der Waals surface area contributed by atoms with E-state index < -0.39 is 5.60 Å². The Hall–Kier alpha value is -0.570. The molecular formula is C10H18O3. The summed E-state index contributed by atoms with van der Waals surface area (Å²) in [5.41, 5.74) is -0.993. The van der Waals surface area contributed by atoms with Crippen LogP contribution >= 0.6 is 0 Å². The van der Waals surface area contributed by atoms with E-state index in [9.17, 15) is 4.79 Å². The molecule has 3 nitrogen and oxygen atoms in total. The van der Waals surface area contributed by atoms with Gasteiger partial charge in [-0.15, -0.1) is 0 Å². The Morgan fingerprint density at radius 2 is 1.92 bits per heavy atom. The van der Waals surface area contributed by atoms with Gasteiger partial charge in [0.05, 0.1) is 6.61 Å². The van der Waals surface area contributed by atoms with Crippen molar-refractivity contribution >= 4 is 5.97 Å². The molecule has 0 aliphatic carbocycles. The van der Waals surface area contributed by atoms with Crippen molar-refractivity contribution in [3.63, 3.8) is 0 Å². The molecule has 1 rings (SSSR count). The number of ether oxygens (including phenoxy) is 2. The Bertz CT molecular complexity index is 210. The van der Waals surface area contributed by atoms with E-state index in [0.29, 0.717) is 6.61 Å². The molecule has 1 saturated heterocycles. The van der Waals surface area contributed by atoms with E-state index in [1.165, 1.54) is 0 Å². The molecule has 0 radical (unpaired) electrons. The van der Waals surface area contributed by atoms with Crippen LogP contribution in [0.25, 0.3) is 0 Å². The van der Waals surface area contributed by atoms with Crippen molar-refractivity contribution in [3.8, 4) is 0 Å². The molecule has 1 unspecified atom stereocenters. The summed E-state index contributed by atoms with van der Waals surface area (Å²) < 4.78 is 10.5. The lowest BCUT2D eigenvalue weighted by Crippen LogP contribution is -2.33. The molecule has 0 saturated carbocycles. The average molecular weight is 186 g/mol. The molecule has 76 valence electrons. The number of carbonyl (C=O) groups is 1. The molecule has 3 heteroatoms. The summed E-state index contributed by atoms with van der Waals surface area (Å²) >= 11 is 0. The Labute approximate surface area is 79.4 Å². The quantitative estimate of drug-likeness (QED) is 0.497. The summed E-state index contributed by atoms with van der Waals surface area (Å²) in [4.78, 5) is 11.6. The van der Waals surface area contributed by atoms with E-state index in [1.807, 2.05) is 27.7 Å². The normalized spacial score (nSPS) is 29.8. The van der Waals surface area contributed by atoms with Crippen LogP contribution in [0.4, 0.5) is 0 Å². The Kier molecular flexibility index (Phi) is 2.66. The summed E-state index contributed by atoms with van der Waals surface area (Å²) in [6.45, 7) is 8.13. The van der Waals surface area contributed by atoms with Crippen LogP contribution in [0, 0.1) is 0 Å². The minimum atomic E-state index is -0.655. The van der Waals surface area contributed by atoms with Gasteiger partial charge in [-0.25, -0.2) is 4.79 Å². The van der Waals surface area contributed by atoms with E-state index in [1.54, 1.807) is 0 Å². The lowest BCUT2D eigenvalue weighted by Gasteiger charge is -2.12. The van der Waals surface area contributed by atoms with Crippen LogP contribution in [0.15, 0.2) is 0 Å². The van der Waals surface area contributed by atoms with Gasteiger partial charge in [0.25, 0.3) is 0 Å². The molecule has 0 aromatic carbocycles. The molecule has 0 bridgehead atoms. The highest BCUT2D eigenvalue weighted by Gasteiger charge is 2.69. The summed E-state index contributed by atoms with van der Waals surface area (Å²) in [6.07, 6.45) is 1.68. The summed E-state index contributed by atoms with van der Waals surface area (Å²) in [7, 11) is 0. The fourth-order valence-corrected chi connectivity index (χ4v) is 1.75. The zero-order chi connectivity index (χ0) is 10.1. The highest BCUT2D eigenvalue weighted by molar-refractivity contribution is 5.84. The van der Waals surface area contributed by atoms with Crippen molar-refractivity contribution in [1.82, 2.24) is 0 Å². The van der Waals surface area contributed by atoms with Crippen LogP contribution in [-0.2, 0) is 14.3 Å². The molecule has 0 aromatic rings.